The van der Waals surface area contributed by atoms with Crippen LogP contribution in [-0.2, 0) is 19.6 Å². The summed E-state index contributed by atoms with van der Waals surface area (Å²) in [4.78, 5) is 12.9. The Morgan fingerprint density at radius 1 is 1.47 bits per heavy atom. The zero-order valence-corrected chi connectivity index (χ0v) is 10.7. The Morgan fingerprint density at radius 2 is 2.18 bits per heavy atom. The predicted molar refractivity (Wildman–Crippen MR) is 61.9 cm³/mol. The van der Waals surface area contributed by atoms with Crippen LogP contribution in [0.3, 0.4) is 0 Å². The number of sulfonamides is 1. The van der Waals surface area contributed by atoms with Crippen LogP contribution in [0.4, 0.5) is 0 Å². The van der Waals surface area contributed by atoms with E-state index in [1.54, 1.807) is 4.90 Å². The van der Waals surface area contributed by atoms with Crippen LogP contribution in [0.5, 0.6) is 0 Å². The number of carbonyl (C=O) groups excluding carboxylic acids is 1. The Balaban J connectivity index is 1.81. The third-order valence-electron chi connectivity index (χ3n) is 3.06. The molecule has 1 amide bonds. The molecule has 17 heavy (non-hydrogen) atoms. The second-order valence-corrected chi connectivity index (χ2v) is 6.60. The number of hydrogen-bond donors (Lipinski definition) is 1. The highest BCUT2D eigenvalue weighted by atomic mass is 32.2. The molecule has 0 aromatic rings. The second-order valence-electron chi connectivity index (χ2n) is 4.55. The summed E-state index contributed by atoms with van der Waals surface area (Å²) in [6.07, 6.45) is 1.27. The van der Waals surface area contributed by atoms with Crippen molar-refractivity contribution in [2.24, 2.45) is 0 Å². The van der Waals surface area contributed by atoms with Crippen LogP contribution < -0.4 is 4.72 Å². The molecule has 0 aromatic carbocycles. The Labute approximate surface area is 101 Å². The number of ether oxygens (including phenoxy) is 1. The molecule has 2 fully saturated rings. The Morgan fingerprint density at radius 3 is 2.76 bits per heavy atom. The molecule has 1 N–H and O–H groups in total. The van der Waals surface area contributed by atoms with E-state index >= 15 is 0 Å². The van der Waals surface area contributed by atoms with Gasteiger partial charge in [-0.05, 0) is 12.8 Å². The van der Waals surface area contributed by atoms with Gasteiger partial charge < -0.3 is 9.64 Å². The highest BCUT2D eigenvalue weighted by molar-refractivity contribution is 7.90. The van der Waals surface area contributed by atoms with Crippen molar-refractivity contribution >= 4 is 15.9 Å². The third-order valence-corrected chi connectivity index (χ3v) is 4.98. The minimum Gasteiger partial charge on any atom is -0.373 e. The SMILES string of the molecule is CC(=O)N1CCO[C@H](CNS(=O)(=O)C2CC2)C1. The van der Waals surface area contributed by atoms with Gasteiger partial charge in [-0.3, -0.25) is 4.79 Å². The lowest BCUT2D eigenvalue weighted by atomic mass is 10.3. The van der Waals surface area contributed by atoms with Gasteiger partial charge in [-0.25, -0.2) is 13.1 Å². The third kappa shape index (κ3) is 3.40. The molecule has 98 valence electrons. The normalized spacial score (nSPS) is 25.9. The summed E-state index contributed by atoms with van der Waals surface area (Å²) in [5.41, 5.74) is 0. The molecule has 2 aliphatic rings. The van der Waals surface area contributed by atoms with Crippen LogP contribution in [-0.4, -0.2) is 56.8 Å². The first-order valence-electron chi connectivity index (χ1n) is 5.84. The first kappa shape index (κ1) is 12.8. The van der Waals surface area contributed by atoms with Gasteiger partial charge in [0.1, 0.15) is 0 Å². The van der Waals surface area contributed by atoms with Crippen LogP contribution in [0.1, 0.15) is 19.8 Å². The number of carbonyl (C=O) groups is 1. The Hall–Kier alpha value is -0.660. The van der Waals surface area contributed by atoms with Crippen molar-refractivity contribution in [3.8, 4) is 0 Å². The maximum Gasteiger partial charge on any atom is 0.219 e. The van der Waals surface area contributed by atoms with Crippen LogP contribution in [0.15, 0.2) is 0 Å². The number of rotatable bonds is 4. The number of morpholine rings is 1. The van der Waals surface area contributed by atoms with Crippen molar-refractivity contribution in [1.82, 2.24) is 9.62 Å². The molecule has 7 heteroatoms. The Kier molecular flexibility index (Phi) is 3.70. The molecule has 1 atom stereocenters. The van der Waals surface area contributed by atoms with E-state index in [4.69, 9.17) is 4.74 Å². The zero-order chi connectivity index (χ0) is 12.5. The van der Waals surface area contributed by atoms with Gasteiger partial charge in [0.15, 0.2) is 0 Å². The molecule has 0 bridgehead atoms. The molecule has 0 aromatic heterocycles. The monoisotopic (exact) mass is 262 g/mol. The number of hydrogen-bond acceptors (Lipinski definition) is 4. The lowest BCUT2D eigenvalue weighted by molar-refractivity contribution is -0.136. The number of amides is 1. The summed E-state index contributed by atoms with van der Waals surface area (Å²) in [7, 11) is -3.16. The topological polar surface area (TPSA) is 75.7 Å². The van der Waals surface area contributed by atoms with Crippen molar-refractivity contribution in [2.75, 3.05) is 26.2 Å². The summed E-state index contributed by atoms with van der Waals surface area (Å²) in [5, 5.41) is -0.213. The first-order valence-corrected chi connectivity index (χ1v) is 7.39. The van der Waals surface area contributed by atoms with Crippen LogP contribution in [0, 0.1) is 0 Å². The smallest absolute Gasteiger partial charge is 0.219 e. The van der Waals surface area contributed by atoms with Gasteiger partial charge in [0.05, 0.1) is 18.0 Å². The largest absolute Gasteiger partial charge is 0.373 e. The average Bonchev–Trinajstić information content (AvgIpc) is 3.11. The Bertz CT molecular complexity index is 391. The number of nitrogens with zero attached hydrogens (tertiary/aromatic N) is 1. The van der Waals surface area contributed by atoms with Gasteiger partial charge in [0, 0.05) is 26.6 Å². The molecule has 6 nitrogen and oxygen atoms in total. The summed E-state index contributed by atoms with van der Waals surface area (Å²) in [6.45, 7) is 3.28. The second kappa shape index (κ2) is 4.91. The molecule has 0 spiro atoms. The van der Waals surface area contributed by atoms with E-state index in [0.717, 1.165) is 12.8 Å². The van der Waals surface area contributed by atoms with E-state index in [1.807, 2.05) is 0 Å². The number of nitrogens with one attached hydrogen (secondary N) is 1. The van der Waals surface area contributed by atoms with Crippen molar-refractivity contribution in [2.45, 2.75) is 31.1 Å². The fraction of sp³-hybridized carbons (Fsp3) is 0.900. The van der Waals surface area contributed by atoms with E-state index < -0.39 is 10.0 Å². The zero-order valence-electron chi connectivity index (χ0n) is 9.89. The molecule has 1 heterocycles. The van der Waals surface area contributed by atoms with E-state index in [9.17, 15) is 13.2 Å². The minimum absolute atomic E-state index is 0.00310. The summed E-state index contributed by atoms with van der Waals surface area (Å²) >= 11 is 0. The van der Waals surface area contributed by atoms with Gasteiger partial charge >= 0.3 is 0 Å². The summed E-state index contributed by atoms with van der Waals surface area (Å²) < 4.78 is 31.2. The molecule has 1 aliphatic carbocycles. The lowest BCUT2D eigenvalue weighted by Crippen LogP contribution is -2.49. The highest BCUT2D eigenvalue weighted by Gasteiger charge is 2.36. The van der Waals surface area contributed by atoms with E-state index in [0.29, 0.717) is 19.7 Å². The molecule has 1 saturated heterocycles. The average molecular weight is 262 g/mol. The molecule has 0 radical (unpaired) electrons. The van der Waals surface area contributed by atoms with E-state index in [1.165, 1.54) is 6.92 Å². The summed E-state index contributed by atoms with van der Waals surface area (Å²) in [6, 6.07) is 0. The fourth-order valence-corrected chi connectivity index (χ4v) is 3.24. The van der Waals surface area contributed by atoms with Crippen molar-refractivity contribution in [1.29, 1.82) is 0 Å². The molecule has 1 aliphatic heterocycles. The van der Waals surface area contributed by atoms with Crippen molar-refractivity contribution in [3.05, 3.63) is 0 Å². The fourth-order valence-electron chi connectivity index (χ4n) is 1.83. The molecular weight excluding hydrogens is 244 g/mol. The molecular formula is C10H18N2O4S. The van der Waals surface area contributed by atoms with Crippen molar-refractivity contribution in [3.63, 3.8) is 0 Å². The van der Waals surface area contributed by atoms with Gasteiger partial charge in [-0.15, -0.1) is 0 Å². The van der Waals surface area contributed by atoms with E-state index in [2.05, 4.69) is 4.72 Å². The van der Waals surface area contributed by atoms with Crippen LogP contribution >= 0.6 is 0 Å². The van der Waals surface area contributed by atoms with Crippen LogP contribution in [0.25, 0.3) is 0 Å². The van der Waals surface area contributed by atoms with Gasteiger partial charge in [0.2, 0.25) is 15.9 Å². The lowest BCUT2D eigenvalue weighted by Gasteiger charge is -2.32. The highest BCUT2D eigenvalue weighted by Crippen LogP contribution is 2.27. The van der Waals surface area contributed by atoms with Crippen LogP contribution in [0.2, 0.25) is 0 Å². The minimum atomic E-state index is -3.16. The first-order chi connectivity index (χ1) is 7.99. The molecule has 2 rings (SSSR count). The predicted octanol–water partition coefficient (Wildman–Crippen LogP) is -0.684. The van der Waals surface area contributed by atoms with Gasteiger partial charge in [0.25, 0.3) is 0 Å². The van der Waals surface area contributed by atoms with E-state index in [-0.39, 0.29) is 23.8 Å². The maximum atomic E-state index is 11.6. The summed E-state index contributed by atoms with van der Waals surface area (Å²) in [5.74, 6) is 0.00310. The maximum absolute atomic E-state index is 11.6. The van der Waals surface area contributed by atoms with Gasteiger partial charge in [-0.2, -0.15) is 0 Å². The van der Waals surface area contributed by atoms with Crippen molar-refractivity contribution < 1.29 is 17.9 Å². The van der Waals surface area contributed by atoms with Gasteiger partial charge in [-0.1, -0.05) is 0 Å². The molecule has 0 unspecified atom stereocenters. The molecule has 1 saturated carbocycles. The standard InChI is InChI=1S/C10H18N2O4S/c1-8(13)12-4-5-16-9(7-12)6-11-17(14,15)10-2-3-10/h9-11H,2-7H2,1H3/t9-/m1/s1. The quantitative estimate of drug-likeness (QED) is 0.728.